The molecule has 0 saturated heterocycles. The number of carbonyl (C=O) groups is 1. The molecule has 140 valence electrons. The number of aryl methyl sites for hydroxylation is 1. The highest BCUT2D eigenvalue weighted by Crippen LogP contribution is 2.31. The molecule has 2 aromatic heterocycles. The van der Waals surface area contributed by atoms with Crippen LogP contribution in [0, 0.1) is 6.92 Å². The Bertz CT molecular complexity index is 1130. The van der Waals surface area contributed by atoms with E-state index in [1.807, 2.05) is 55.5 Å². The average molecular weight is 408 g/mol. The first-order chi connectivity index (χ1) is 13.6. The molecular formula is C22H18ClN3OS. The Balaban J connectivity index is 1.70. The highest BCUT2D eigenvalue weighted by molar-refractivity contribution is 7.22. The van der Waals surface area contributed by atoms with Crippen molar-refractivity contribution in [2.75, 3.05) is 4.90 Å². The Morgan fingerprint density at radius 1 is 1.11 bits per heavy atom. The maximum atomic E-state index is 13.2. The van der Waals surface area contributed by atoms with Gasteiger partial charge in [-0.3, -0.25) is 14.7 Å². The molecule has 0 fully saturated rings. The Labute approximate surface area is 172 Å². The first kappa shape index (κ1) is 18.6. The molecule has 4 nitrogen and oxygen atoms in total. The van der Waals surface area contributed by atoms with Crippen LogP contribution in [0.25, 0.3) is 10.2 Å². The van der Waals surface area contributed by atoms with Crippen LogP contribution in [-0.4, -0.2) is 15.9 Å². The van der Waals surface area contributed by atoms with Gasteiger partial charge in [0.05, 0.1) is 28.9 Å². The monoisotopic (exact) mass is 407 g/mol. The lowest BCUT2D eigenvalue weighted by atomic mass is 10.1. The van der Waals surface area contributed by atoms with Gasteiger partial charge in [-0.05, 0) is 48.4 Å². The zero-order chi connectivity index (χ0) is 19.5. The van der Waals surface area contributed by atoms with Crippen LogP contribution >= 0.6 is 22.9 Å². The Morgan fingerprint density at radius 2 is 1.93 bits per heavy atom. The summed E-state index contributed by atoms with van der Waals surface area (Å²) >= 11 is 7.78. The van der Waals surface area contributed by atoms with E-state index in [9.17, 15) is 4.79 Å². The van der Waals surface area contributed by atoms with E-state index in [0.717, 1.165) is 21.5 Å². The summed E-state index contributed by atoms with van der Waals surface area (Å²) in [5.41, 5.74) is 3.67. The topological polar surface area (TPSA) is 46.1 Å². The van der Waals surface area contributed by atoms with Crippen molar-refractivity contribution in [2.45, 2.75) is 19.9 Å². The van der Waals surface area contributed by atoms with Gasteiger partial charge in [-0.15, -0.1) is 0 Å². The summed E-state index contributed by atoms with van der Waals surface area (Å²) in [5, 5.41) is 1.26. The lowest BCUT2D eigenvalue weighted by Gasteiger charge is -2.20. The minimum atomic E-state index is -0.0606. The largest absolute Gasteiger partial charge is 0.282 e. The summed E-state index contributed by atoms with van der Waals surface area (Å²) in [5.74, 6) is -0.0606. The number of benzene rings is 2. The summed E-state index contributed by atoms with van der Waals surface area (Å²) in [6.45, 7) is 2.41. The molecule has 6 heteroatoms. The number of carbonyl (C=O) groups excluding carboxylic acids is 1. The quantitative estimate of drug-likeness (QED) is 0.443. The molecule has 0 unspecified atom stereocenters. The number of pyridine rings is 1. The summed E-state index contributed by atoms with van der Waals surface area (Å²) in [4.78, 5) is 24.0. The molecule has 0 spiro atoms. The fourth-order valence-electron chi connectivity index (χ4n) is 2.95. The van der Waals surface area contributed by atoms with Gasteiger partial charge in [0.15, 0.2) is 5.13 Å². The van der Waals surface area contributed by atoms with Crippen LogP contribution in [0.4, 0.5) is 5.13 Å². The molecule has 1 amide bonds. The SMILES string of the molecule is Cc1ccc2nc(N(Cc3ccccn3)C(=O)Cc3ccccc3Cl)sc2c1. The molecule has 0 aliphatic rings. The molecule has 0 radical (unpaired) electrons. The van der Waals surface area contributed by atoms with E-state index in [2.05, 4.69) is 11.1 Å². The van der Waals surface area contributed by atoms with Gasteiger partial charge >= 0.3 is 0 Å². The van der Waals surface area contributed by atoms with Gasteiger partial charge in [0.1, 0.15) is 0 Å². The first-order valence-electron chi connectivity index (χ1n) is 8.91. The second kappa shape index (κ2) is 8.09. The molecule has 28 heavy (non-hydrogen) atoms. The van der Waals surface area contributed by atoms with Crippen molar-refractivity contribution in [2.24, 2.45) is 0 Å². The molecule has 0 N–H and O–H groups in total. The lowest BCUT2D eigenvalue weighted by Crippen LogP contribution is -2.32. The minimum absolute atomic E-state index is 0.0606. The number of thiazole rings is 1. The van der Waals surface area contributed by atoms with E-state index in [-0.39, 0.29) is 12.3 Å². The van der Waals surface area contributed by atoms with Crippen molar-refractivity contribution < 1.29 is 4.79 Å². The number of rotatable bonds is 5. The maximum Gasteiger partial charge on any atom is 0.233 e. The summed E-state index contributed by atoms with van der Waals surface area (Å²) in [7, 11) is 0. The van der Waals surface area contributed by atoms with E-state index >= 15 is 0 Å². The first-order valence-corrected chi connectivity index (χ1v) is 10.1. The number of fused-ring (bicyclic) bond motifs is 1. The van der Waals surface area contributed by atoms with Crippen molar-refractivity contribution in [1.29, 1.82) is 0 Å². The Kier molecular flexibility index (Phi) is 5.37. The number of nitrogens with zero attached hydrogens (tertiary/aromatic N) is 3. The smallest absolute Gasteiger partial charge is 0.233 e. The van der Waals surface area contributed by atoms with Gasteiger partial charge in [0, 0.05) is 11.2 Å². The van der Waals surface area contributed by atoms with E-state index in [4.69, 9.17) is 16.6 Å². The van der Waals surface area contributed by atoms with Gasteiger partial charge < -0.3 is 0 Å². The fourth-order valence-corrected chi connectivity index (χ4v) is 4.23. The van der Waals surface area contributed by atoms with Crippen LogP contribution in [0.2, 0.25) is 5.02 Å². The van der Waals surface area contributed by atoms with Crippen molar-refractivity contribution in [3.8, 4) is 0 Å². The predicted octanol–water partition coefficient (Wildman–Crippen LogP) is 5.43. The molecule has 0 bridgehead atoms. The number of hydrogen-bond acceptors (Lipinski definition) is 4. The van der Waals surface area contributed by atoms with Crippen LogP contribution in [0.1, 0.15) is 16.8 Å². The summed E-state index contributed by atoms with van der Waals surface area (Å²) < 4.78 is 1.06. The number of halogens is 1. The van der Waals surface area contributed by atoms with Crippen LogP contribution in [0.3, 0.4) is 0 Å². The molecule has 0 aliphatic heterocycles. The fraction of sp³-hybridized carbons (Fsp3) is 0.136. The molecule has 0 atom stereocenters. The molecule has 2 aromatic carbocycles. The molecule has 4 aromatic rings. The number of anilines is 1. The minimum Gasteiger partial charge on any atom is -0.282 e. The molecule has 0 aliphatic carbocycles. The molecule has 0 saturated carbocycles. The second-order valence-corrected chi connectivity index (χ2v) is 7.95. The number of hydrogen-bond donors (Lipinski definition) is 0. The second-order valence-electron chi connectivity index (χ2n) is 6.54. The Hall–Kier alpha value is -2.76. The third-order valence-corrected chi connectivity index (χ3v) is 5.82. The molecule has 2 heterocycles. The Morgan fingerprint density at radius 3 is 2.71 bits per heavy atom. The van der Waals surface area contributed by atoms with Gasteiger partial charge in [0.25, 0.3) is 0 Å². The van der Waals surface area contributed by atoms with Gasteiger partial charge in [-0.1, -0.05) is 53.3 Å². The van der Waals surface area contributed by atoms with E-state index in [1.54, 1.807) is 17.2 Å². The summed E-state index contributed by atoms with van der Waals surface area (Å²) in [6.07, 6.45) is 1.94. The van der Waals surface area contributed by atoms with Crippen LogP contribution in [-0.2, 0) is 17.8 Å². The third-order valence-electron chi connectivity index (χ3n) is 4.41. The maximum absolute atomic E-state index is 13.2. The van der Waals surface area contributed by atoms with E-state index in [0.29, 0.717) is 16.7 Å². The molecule has 4 rings (SSSR count). The van der Waals surface area contributed by atoms with Crippen LogP contribution in [0.5, 0.6) is 0 Å². The van der Waals surface area contributed by atoms with E-state index < -0.39 is 0 Å². The van der Waals surface area contributed by atoms with Gasteiger partial charge in [-0.25, -0.2) is 4.98 Å². The highest BCUT2D eigenvalue weighted by Gasteiger charge is 2.21. The van der Waals surface area contributed by atoms with Crippen molar-refractivity contribution in [3.05, 3.63) is 88.7 Å². The van der Waals surface area contributed by atoms with E-state index in [1.165, 1.54) is 16.9 Å². The van der Waals surface area contributed by atoms with Crippen molar-refractivity contribution >= 4 is 44.2 Å². The predicted molar refractivity (Wildman–Crippen MR) is 115 cm³/mol. The van der Waals surface area contributed by atoms with Gasteiger partial charge in [0.2, 0.25) is 5.91 Å². The van der Waals surface area contributed by atoms with Crippen LogP contribution in [0.15, 0.2) is 66.9 Å². The third kappa shape index (κ3) is 4.06. The number of aromatic nitrogens is 2. The highest BCUT2D eigenvalue weighted by atomic mass is 35.5. The van der Waals surface area contributed by atoms with Crippen molar-refractivity contribution in [1.82, 2.24) is 9.97 Å². The standard InChI is InChI=1S/C22H18ClN3OS/c1-15-9-10-19-20(12-15)28-22(25-19)26(14-17-7-4-5-11-24-17)21(27)13-16-6-2-3-8-18(16)23/h2-12H,13-14H2,1H3. The molecular weight excluding hydrogens is 390 g/mol. The normalized spacial score (nSPS) is 10.9. The van der Waals surface area contributed by atoms with Crippen molar-refractivity contribution in [3.63, 3.8) is 0 Å². The average Bonchev–Trinajstić information content (AvgIpc) is 3.11. The summed E-state index contributed by atoms with van der Waals surface area (Å²) in [6, 6.07) is 19.2. The lowest BCUT2D eigenvalue weighted by molar-refractivity contribution is -0.118. The zero-order valence-electron chi connectivity index (χ0n) is 15.3. The van der Waals surface area contributed by atoms with Gasteiger partial charge in [-0.2, -0.15) is 0 Å². The van der Waals surface area contributed by atoms with Crippen LogP contribution < -0.4 is 4.90 Å². The zero-order valence-corrected chi connectivity index (χ0v) is 16.9. The number of amides is 1.